The van der Waals surface area contributed by atoms with Gasteiger partial charge in [0, 0.05) is 12.8 Å². The van der Waals surface area contributed by atoms with Crippen molar-refractivity contribution in [3.8, 4) is 5.75 Å². The molecule has 1 aromatic rings. The van der Waals surface area contributed by atoms with Crippen molar-refractivity contribution < 1.29 is 23.0 Å². The quantitative estimate of drug-likeness (QED) is 0.631. The van der Waals surface area contributed by atoms with E-state index in [4.69, 9.17) is 15.2 Å². The molecule has 0 aliphatic carbocycles. The van der Waals surface area contributed by atoms with Gasteiger partial charge in [-0.05, 0) is 30.5 Å². The predicted octanol–water partition coefficient (Wildman–Crippen LogP) is -0.121. The number of rotatable bonds is 6. The van der Waals surface area contributed by atoms with Gasteiger partial charge in [-0.25, -0.2) is 13.1 Å². The van der Waals surface area contributed by atoms with E-state index in [0.717, 1.165) is 18.4 Å². The lowest BCUT2D eigenvalue weighted by atomic mass is 10.1. The highest BCUT2D eigenvalue weighted by Crippen LogP contribution is 2.34. The monoisotopic (exact) mass is 316 g/mol. The zero-order chi connectivity index (χ0) is 15.5. The number of anilines is 1. The number of aryl methyl sites for hydroxylation is 1. The molecule has 0 spiro atoms. The first kappa shape index (κ1) is 16.0. The van der Waals surface area contributed by atoms with Crippen LogP contribution in [0.3, 0.4) is 0 Å². The number of ether oxygens (including phenoxy) is 2. The zero-order valence-electron chi connectivity index (χ0n) is 11.8. The van der Waals surface area contributed by atoms with Gasteiger partial charge in [0.2, 0.25) is 10.0 Å². The van der Waals surface area contributed by atoms with Crippen molar-refractivity contribution in [2.45, 2.75) is 23.8 Å². The fraction of sp³-hybridized carbons (Fsp3) is 0.538. The molecule has 1 aliphatic rings. The second-order valence-corrected chi connectivity index (χ2v) is 6.60. The van der Waals surface area contributed by atoms with E-state index in [-0.39, 0.29) is 18.1 Å². The molecular formula is C13H20N2O5S. The van der Waals surface area contributed by atoms with Gasteiger partial charge in [0.05, 0.1) is 25.9 Å². The summed E-state index contributed by atoms with van der Waals surface area (Å²) in [6, 6.07) is 2.38. The molecule has 1 heterocycles. The Morgan fingerprint density at radius 2 is 2.29 bits per heavy atom. The van der Waals surface area contributed by atoms with E-state index < -0.39 is 16.1 Å². The van der Waals surface area contributed by atoms with E-state index in [9.17, 15) is 13.5 Å². The number of sulfonamides is 1. The summed E-state index contributed by atoms with van der Waals surface area (Å²) in [5.74, 6) is 0.344. The summed E-state index contributed by atoms with van der Waals surface area (Å²) in [4.78, 5) is 0.00625. The lowest BCUT2D eigenvalue weighted by Gasteiger charge is -2.22. The minimum atomic E-state index is -3.85. The van der Waals surface area contributed by atoms with Crippen molar-refractivity contribution in [1.82, 2.24) is 4.72 Å². The lowest BCUT2D eigenvalue weighted by Crippen LogP contribution is -2.40. The van der Waals surface area contributed by atoms with Crippen molar-refractivity contribution in [3.63, 3.8) is 0 Å². The van der Waals surface area contributed by atoms with Gasteiger partial charge in [-0.15, -0.1) is 0 Å². The van der Waals surface area contributed by atoms with Crippen LogP contribution < -0.4 is 15.2 Å². The highest BCUT2D eigenvalue weighted by atomic mass is 32.2. The molecule has 2 rings (SSSR count). The van der Waals surface area contributed by atoms with Crippen molar-refractivity contribution in [3.05, 3.63) is 17.7 Å². The van der Waals surface area contributed by atoms with E-state index in [1.165, 1.54) is 13.2 Å². The molecule has 0 radical (unpaired) electrons. The summed E-state index contributed by atoms with van der Waals surface area (Å²) in [7, 11) is -2.42. The summed E-state index contributed by atoms with van der Waals surface area (Å²) in [5.41, 5.74) is 6.93. The number of hydrogen-bond acceptors (Lipinski definition) is 6. The number of hydrogen-bond donors (Lipinski definition) is 3. The van der Waals surface area contributed by atoms with Crippen LogP contribution in [0.25, 0.3) is 0 Å². The molecule has 1 atom stereocenters. The molecule has 1 unspecified atom stereocenters. The van der Waals surface area contributed by atoms with Crippen LogP contribution in [-0.2, 0) is 21.2 Å². The molecule has 1 aliphatic heterocycles. The SMILES string of the molecule is COCC(CO)NS(=O)(=O)c1cc(N)cc2c1OCCC2. The van der Waals surface area contributed by atoms with E-state index >= 15 is 0 Å². The Labute approximate surface area is 124 Å². The van der Waals surface area contributed by atoms with Gasteiger partial charge in [0.1, 0.15) is 10.6 Å². The molecule has 0 aromatic heterocycles. The average molecular weight is 316 g/mol. The average Bonchev–Trinajstić information content (AvgIpc) is 2.45. The number of aliphatic hydroxyl groups is 1. The third-order valence-corrected chi connectivity index (χ3v) is 4.72. The van der Waals surface area contributed by atoms with Gasteiger partial charge in [-0.2, -0.15) is 0 Å². The first-order chi connectivity index (χ1) is 9.97. The smallest absolute Gasteiger partial charge is 0.244 e. The number of nitrogen functional groups attached to an aromatic ring is 1. The third-order valence-electron chi connectivity index (χ3n) is 3.19. The van der Waals surface area contributed by atoms with Gasteiger partial charge in [-0.3, -0.25) is 0 Å². The predicted molar refractivity (Wildman–Crippen MR) is 77.7 cm³/mol. The number of aliphatic hydroxyl groups excluding tert-OH is 1. The molecule has 0 bridgehead atoms. The van der Waals surface area contributed by atoms with Crippen LogP contribution in [0, 0.1) is 0 Å². The highest BCUT2D eigenvalue weighted by molar-refractivity contribution is 7.89. The largest absolute Gasteiger partial charge is 0.492 e. The Morgan fingerprint density at radius 3 is 2.95 bits per heavy atom. The Hall–Kier alpha value is -1.35. The summed E-state index contributed by atoms with van der Waals surface area (Å²) in [6.07, 6.45) is 1.55. The third kappa shape index (κ3) is 3.65. The molecule has 7 nitrogen and oxygen atoms in total. The minimum absolute atomic E-state index is 0.00625. The molecule has 0 saturated carbocycles. The lowest BCUT2D eigenvalue weighted by molar-refractivity contribution is 0.139. The van der Waals surface area contributed by atoms with Crippen LogP contribution in [-0.4, -0.2) is 46.5 Å². The van der Waals surface area contributed by atoms with Crippen molar-refractivity contribution in [2.24, 2.45) is 0 Å². The van der Waals surface area contributed by atoms with E-state index in [0.29, 0.717) is 18.0 Å². The molecule has 4 N–H and O–H groups in total. The van der Waals surface area contributed by atoms with Crippen molar-refractivity contribution in [2.75, 3.05) is 32.7 Å². The van der Waals surface area contributed by atoms with Gasteiger partial charge in [0.15, 0.2) is 0 Å². The zero-order valence-corrected chi connectivity index (χ0v) is 12.6. The van der Waals surface area contributed by atoms with Crippen LogP contribution in [0.1, 0.15) is 12.0 Å². The first-order valence-corrected chi connectivity index (χ1v) is 8.13. The molecule has 0 amide bonds. The van der Waals surface area contributed by atoms with Crippen molar-refractivity contribution in [1.29, 1.82) is 0 Å². The molecule has 1 aromatic carbocycles. The number of nitrogens with two attached hydrogens (primary N) is 1. The molecular weight excluding hydrogens is 296 g/mol. The molecule has 8 heteroatoms. The maximum Gasteiger partial charge on any atom is 0.244 e. The molecule has 0 fully saturated rings. The van der Waals surface area contributed by atoms with E-state index in [1.54, 1.807) is 6.07 Å². The van der Waals surface area contributed by atoms with Gasteiger partial charge in [0.25, 0.3) is 0 Å². The summed E-state index contributed by atoms with van der Waals surface area (Å²) < 4.78 is 37.7. The van der Waals surface area contributed by atoms with Gasteiger partial charge < -0.3 is 20.3 Å². The Kier molecular flexibility index (Phi) is 5.04. The number of nitrogens with one attached hydrogen (secondary N) is 1. The van der Waals surface area contributed by atoms with E-state index in [2.05, 4.69) is 4.72 Å². The molecule has 0 saturated heterocycles. The topological polar surface area (TPSA) is 111 Å². The van der Waals surface area contributed by atoms with Crippen LogP contribution in [0.15, 0.2) is 17.0 Å². The van der Waals surface area contributed by atoms with Gasteiger partial charge in [-0.1, -0.05) is 0 Å². The number of benzene rings is 1. The first-order valence-electron chi connectivity index (χ1n) is 6.65. The number of methoxy groups -OCH3 is 1. The summed E-state index contributed by atoms with van der Waals surface area (Å²) in [5, 5.41) is 9.20. The highest BCUT2D eigenvalue weighted by Gasteiger charge is 2.27. The molecule has 21 heavy (non-hydrogen) atoms. The Bertz CT molecular complexity index is 603. The van der Waals surface area contributed by atoms with Crippen LogP contribution in [0.2, 0.25) is 0 Å². The maximum atomic E-state index is 12.5. The fourth-order valence-electron chi connectivity index (χ4n) is 2.28. The minimum Gasteiger partial charge on any atom is -0.492 e. The van der Waals surface area contributed by atoms with Gasteiger partial charge >= 0.3 is 0 Å². The van der Waals surface area contributed by atoms with Crippen LogP contribution in [0.4, 0.5) is 5.69 Å². The standard InChI is InChI=1S/C13H20N2O5S/c1-19-8-11(7-16)15-21(17,18)12-6-10(14)5-9-3-2-4-20-13(9)12/h5-6,11,15-16H,2-4,7-8,14H2,1H3. The van der Waals surface area contributed by atoms with Crippen LogP contribution in [0.5, 0.6) is 5.75 Å². The second kappa shape index (κ2) is 6.61. The fourth-order valence-corrected chi connectivity index (χ4v) is 3.71. The summed E-state index contributed by atoms with van der Waals surface area (Å²) in [6.45, 7) is 0.181. The second-order valence-electron chi connectivity index (χ2n) is 4.92. The summed E-state index contributed by atoms with van der Waals surface area (Å²) >= 11 is 0. The molecule has 118 valence electrons. The Balaban J connectivity index is 2.37. The normalized spacial score (nSPS) is 16.1. The Morgan fingerprint density at radius 1 is 1.52 bits per heavy atom. The number of fused-ring (bicyclic) bond motifs is 1. The van der Waals surface area contributed by atoms with Crippen LogP contribution >= 0.6 is 0 Å². The maximum absolute atomic E-state index is 12.5. The van der Waals surface area contributed by atoms with Crippen molar-refractivity contribution >= 4 is 15.7 Å². The van der Waals surface area contributed by atoms with E-state index in [1.807, 2.05) is 0 Å².